The van der Waals surface area contributed by atoms with Gasteiger partial charge in [-0.15, -0.1) is 0 Å². The second-order valence-corrected chi connectivity index (χ2v) is 24.7. The first-order valence-corrected chi connectivity index (χ1v) is 35.4. The highest BCUT2D eigenvalue weighted by Crippen LogP contribution is 2.23. The van der Waals surface area contributed by atoms with E-state index in [1.54, 1.807) is 6.08 Å². The summed E-state index contributed by atoms with van der Waals surface area (Å²) < 4.78 is 11.3. The Balaban J connectivity index is 2.13. The minimum Gasteiger partial charge on any atom is -0.394 e. The van der Waals surface area contributed by atoms with Crippen LogP contribution in [0.4, 0.5) is 0 Å². The fraction of sp³-hybridized carbons (Fsp3) is 0.875. The minimum atomic E-state index is -1.57. The molecule has 0 saturated carbocycles. The highest BCUT2D eigenvalue weighted by Gasteiger charge is 2.44. The normalized spacial score (nSPS) is 18.6. The molecule has 1 amide bonds. The van der Waals surface area contributed by atoms with Crippen LogP contribution < -0.4 is 5.32 Å². The smallest absolute Gasteiger partial charge is 0.220 e. The molecule has 1 heterocycles. The van der Waals surface area contributed by atoms with Crippen molar-refractivity contribution in [1.82, 2.24) is 5.32 Å². The number of carbonyl (C=O) groups excluding carboxylic acids is 1. The molecule has 0 radical (unpaired) electrons. The van der Waals surface area contributed by atoms with Crippen LogP contribution in [0, 0.1) is 0 Å². The maximum Gasteiger partial charge on any atom is 0.220 e. The van der Waals surface area contributed by atoms with Crippen molar-refractivity contribution in [1.29, 1.82) is 0 Å². The molecule has 1 saturated heterocycles. The van der Waals surface area contributed by atoms with Crippen molar-refractivity contribution in [3.63, 3.8) is 0 Å². The van der Waals surface area contributed by atoms with E-state index in [2.05, 4.69) is 55.6 Å². The second kappa shape index (κ2) is 61.2. The Kier molecular flexibility index (Phi) is 58.3. The van der Waals surface area contributed by atoms with Gasteiger partial charge in [0.2, 0.25) is 5.91 Å². The van der Waals surface area contributed by atoms with Gasteiger partial charge in [-0.05, 0) is 57.8 Å². The van der Waals surface area contributed by atoms with Crippen LogP contribution in [0.25, 0.3) is 0 Å². The lowest BCUT2D eigenvalue weighted by Crippen LogP contribution is -2.60. The first-order chi connectivity index (χ1) is 39.8. The van der Waals surface area contributed by atoms with Crippen LogP contribution in [0.2, 0.25) is 0 Å². The predicted octanol–water partition coefficient (Wildman–Crippen LogP) is 19.2. The van der Waals surface area contributed by atoms with Crippen LogP contribution in [-0.4, -0.2) is 87.5 Å². The van der Waals surface area contributed by atoms with Gasteiger partial charge in [0.05, 0.1) is 25.4 Å². The third-order valence-corrected chi connectivity index (χ3v) is 16.9. The largest absolute Gasteiger partial charge is 0.394 e. The van der Waals surface area contributed by atoms with Crippen molar-refractivity contribution in [2.45, 2.75) is 391 Å². The molecule has 0 aliphatic carbocycles. The van der Waals surface area contributed by atoms with Gasteiger partial charge in [0.1, 0.15) is 24.4 Å². The summed E-state index contributed by atoms with van der Waals surface area (Å²) in [6.45, 7) is 3.81. The average Bonchev–Trinajstić information content (AvgIpc) is 3.49. The number of carbonyl (C=O) groups is 1. The van der Waals surface area contributed by atoms with Crippen molar-refractivity contribution in [3.05, 3.63) is 48.6 Å². The second-order valence-electron chi connectivity index (χ2n) is 24.7. The van der Waals surface area contributed by atoms with Gasteiger partial charge >= 0.3 is 0 Å². The molecule has 9 heteroatoms. The SMILES string of the molecule is CCCCCCC/C=C\C/C=C\C/C=C\CCCCCCCCCCCCC(=O)NC(COC1OC(CO)C(O)C(O)C1O)C(O)/C=C/CCCCCCCCCCCCCCCCCCCCCCCCCCCCCCCCC. The summed E-state index contributed by atoms with van der Waals surface area (Å²) in [4.78, 5) is 13.1. The van der Waals surface area contributed by atoms with Crippen LogP contribution in [0.1, 0.15) is 348 Å². The molecule has 0 aromatic carbocycles. The van der Waals surface area contributed by atoms with Crippen molar-refractivity contribution in [3.8, 4) is 0 Å². The fourth-order valence-corrected chi connectivity index (χ4v) is 11.3. The van der Waals surface area contributed by atoms with E-state index in [0.717, 1.165) is 51.4 Å². The molecule has 6 N–H and O–H groups in total. The van der Waals surface area contributed by atoms with Crippen molar-refractivity contribution < 1.29 is 39.8 Å². The number of aliphatic hydroxyl groups is 5. The Morgan fingerprint density at radius 3 is 1.07 bits per heavy atom. The number of hydrogen-bond donors (Lipinski definition) is 6. The lowest BCUT2D eigenvalue weighted by molar-refractivity contribution is -0.302. The Morgan fingerprint density at radius 2 is 0.728 bits per heavy atom. The summed E-state index contributed by atoms with van der Waals surface area (Å²) in [6.07, 6.45) is 76.5. The Bertz CT molecular complexity index is 1420. The van der Waals surface area contributed by atoms with Gasteiger partial charge in [0, 0.05) is 6.42 Å². The molecule has 81 heavy (non-hydrogen) atoms. The molecule has 7 unspecified atom stereocenters. The monoisotopic (exact) mass is 1140 g/mol. The van der Waals surface area contributed by atoms with E-state index >= 15 is 0 Å². The molecular formula is C72H135NO8. The molecule has 1 rings (SSSR count). The van der Waals surface area contributed by atoms with Crippen LogP contribution in [0.5, 0.6) is 0 Å². The summed E-state index contributed by atoms with van der Waals surface area (Å²) in [6, 6.07) is -0.810. The van der Waals surface area contributed by atoms with E-state index in [1.807, 2.05) is 6.08 Å². The standard InChI is InChI=1S/C72H135NO8/c1-3-5-7-9-11-13-15-17-19-21-23-25-27-29-30-31-32-33-34-35-36-38-39-41-43-45-47-49-51-53-55-57-59-61-66(75)65(64-80-72-71(79)70(78)69(77)67(63-74)81-72)73-68(76)62-60-58-56-54-52-50-48-46-44-42-40-37-28-26-24-22-20-18-16-14-12-10-8-6-4-2/h16,18,22,24,28,37,59,61,65-67,69-72,74-75,77-79H,3-15,17,19-21,23,25-27,29-36,38-58,60,62-64H2,1-2H3,(H,73,76)/b18-16-,24-22-,37-28-,61-59+. The molecule has 0 aromatic rings. The number of aliphatic hydroxyl groups excluding tert-OH is 5. The first kappa shape index (κ1) is 77.2. The summed E-state index contributed by atoms with van der Waals surface area (Å²) in [5.74, 6) is -0.177. The van der Waals surface area contributed by atoms with Crippen molar-refractivity contribution in [2.75, 3.05) is 13.2 Å². The number of nitrogens with one attached hydrogen (secondary N) is 1. The number of amides is 1. The summed E-state index contributed by atoms with van der Waals surface area (Å²) in [5.41, 5.74) is 0. The number of ether oxygens (including phenoxy) is 2. The van der Waals surface area contributed by atoms with Crippen molar-refractivity contribution in [2.24, 2.45) is 0 Å². The van der Waals surface area contributed by atoms with Gasteiger partial charge in [-0.25, -0.2) is 0 Å². The summed E-state index contributed by atoms with van der Waals surface area (Å²) in [7, 11) is 0. The van der Waals surface area contributed by atoms with Crippen molar-refractivity contribution >= 4 is 5.91 Å². The van der Waals surface area contributed by atoms with Crippen LogP contribution in [-0.2, 0) is 14.3 Å². The highest BCUT2D eigenvalue weighted by atomic mass is 16.7. The van der Waals surface area contributed by atoms with Gasteiger partial charge in [0.25, 0.3) is 0 Å². The molecule has 1 aliphatic rings. The maximum absolute atomic E-state index is 13.1. The zero-order chi connectivity index (χ0) is 58.6. The maximum atomic E-state index is 13.1. The van der Waals surface area contributed by atoms with Crippen LogP contribution in [0.15, 0.2) is 48.6 Å². The Morgan fingerprint density at radius 1 is 0.420 bits per heavy atom. The van der Waals surface area contributed by atoms with Gasteiger partial charge in [-0.1, -0.05) is 332 Å². The quantitative estimate of drug-likeness (QED) is 0.0261. The molecule has 0 aromatic heterocycles. The number of unbranched alkanes of at least 4 members (excludes halogenated alkanes) is 46. The van der Waals surface area contributed by atoms with E-state index in [4.69, 9.17) is 9.47 Å². The molecule has 9 nitrogen and oxygen atoms in total. The molecule has 7 atom stereocenters. The topological polar surface area (TPSA) is 149 Å². The number of hydrogen-bond acceptors (Lipinski definition) is 8. The Labute approximate surface area is 501 Å². The summed E-state index contributed by atoms with van der Waals surface area (Å²) >= 11 is 0. The van der Waals surface area contributed by atoms with Crippen LogP contribution >= 0.6 is 0 Å². The van der Waals surface area contributed by atoms with E-state index in [9.17, 15) is 30.3 Å². The molecule has 1 aliphatic heterocycles. The zero-order valence-electron chi connectivity index (χ0n) is 53.3. The minimum absolute atomic E-state index is 0.177. The lowest BCUT2D eigenvalue weighted by atomic mass is 9.99. The van der Waals surface area contributed by atoms with E-state index in [0.29, 0.717) is 6.42 Å². The Hall–Kier alpha value is -1.85. The molecule has 0 bridgehead atoms. The third kappa shape index (κ3) is 50.1. The highest BCUT2D eigenvalue weighted by molar-refractivity contribution is 5.76. The van der Waals surface area contributed by atoms with Gasteiger partial charge in [0.15, 0.2) is 6.29 Å². The first-order valence-electron chi connectivity index (χ1n) is 35.4. The fourth-order valence-electron chi connectivity index (χ4n) is 11.3. The zero-order valence-corrected chi connectivity index (χ0v) is 53.3. The van der Waals surface area contributed by atoms with Gasteiger partial charge in [-0.3, -0.25) is 4.79 Å². The predicted molar refractivity (Wildman–Crippen MR) is 346 cm³/mol. The van der Waals surface area contributed by atoms with E-state index in [-0.39, 0.29) is 12.5 Å². The molecular weight excluding hydrogens is 1010 g/mol. The van der Waals surface area contributed by atoms with E-state index in [1.165, 1.54) is 276 Å². The molecule has 0 spiro atoms. The van der Waals surface area contributed by atoms with Gasteiger partial charge in [-0.2, -0.15) is 0 Å². The van der Waals surface area contributed by atoms with Crippen LogP contribution in [0.3, 0.4) is 0 Å². The lowest BCUT2D eigenvalue weighted by Gasteiger charge is -2.40. The third-order valence-electron chi connectivity index (χ3n) is 16.9. The molecule has 1 fully saturated rings. The number of rotatable bonds is 62. The molecule has 476 valence electrons. The van der Waals surface area contributed by atoms with Gasteiger partial charge < -0.3 is 40.3 Å². The van der Waals surface area contributed by atoms with E-state index < -0.39 is 49.5 Å². The average molecular weight is 1140 g/mol. The number of allylic oxidation sites excluding steroid dienone is 7. The summed E-state index contributed by atoms with van der Waals surface area (Å²) in [5, 5.41) is 54.8.